The maximum absolute atomic E-state index is 12.2. The summed E-state index contributed by atoms with van der Waals surface area (Å²) in [6.45, 7) is 3.89. The van der Waals surface area contributed by atoms with Crippen LogP contribution in [0.25, 0.3) is 0 Å². The van der Waals surface area contributed by atoms with Crippen LogP contribution in [-0.4, -0.2) is 30.9 Å². The second-order valence-electron chi connectivity index (χ2n) is 5.05. The molecule has 1 N–H and O–H groups in total. The Morgan fingerprint density at radius 1 is 1.50 bits per heavy atom. The van der Waals surface area contributed by atoms with E-state index in [1.54, 1.807) is 6.07 Å². The maximum Gasteiger partial charge on any atom is 0.228 e. The molecule has 1 amide bonds. The van der Waals surface area contributed by atoms with E-state index >= 15 is 0 Å². The van der Waals surface area contributed by atoms with Crippen LogP contribution in [-0.2, 0) is 4.79 Å². The van der Waals surface area contributed by atoms with E-state index in [9.17, 15) is 4.79 Å². The fraction of sp³-hybridized carbons (Fsp3) is 0.500. The Kier molecular flexibility index (Phi) is 4.25. The molecule has 4 heteroatoms. The van der Waals surface area contributed by atoms with Gasteiger partial charge in [0.2, 0.25) is 5.91 Å². The summed E-state index contributed by atoms with van der Waals surface area (Å²) in [4.78, 5) is 14.4. The van der Waals surface area contributed by atoms with Crippen molar-refractivity contribution in [3.05, 3.63) is 28.8 Å². The van der Waals surface area contributed by atoms with Gasteiger partial charge in [-0.1, -0.05) is 17.7 Å². The van der Waals surface area contributed by atoms with Gasteiger partial charge in [-0.15, -0.1) is 0 Å². The molecule has 1 saturated heterocycles. The lowest BCUT2D eigenvalue weighted by Gasteiger charge is -2.28. The second kappa shape index (κ2) is 5.72. The molecule has 1 aliphatic heterocycles. The van der Waals surface area contributed by atoms with Crippen molar-refractivity contribution >= 4 is 23.2 Å². The molecular weight excluding hydrogens is 248 g/mol. The summed E-state index contributed by atoms with van der Waals surface area (Å²) in [6.07, 6.45) is 2.05. The summed E-state index contributed by atoms with van der Waals surface area (Å²) in [5, 5.41) is 3.64. The number of benzene rings is 1. The number of carbonyl (C=O) groups is 1. The van der Waals surface area contributed by atoms with E-state index in [0.717, 1.165) is 37.2 Å². The molecule has 1 aromatic carbocycles. The average Bonchev–Trinajstić information content (AvgIpc) is 2.34. The smallest absolute Gasteiger partial charge is 0.228 e. The first kappa shape index (κ1) is 13.4. The lowest BCUT2D eigenvalue weighted by Crippen LogP contribution is -2.38. The van der Waals surface area contributed by atoms with Crippen molar-refractivity contribution in [3.8, 4) is 0 Å². The summed E-state index contributed by atoms with van der Waals surface area (Å²) in [7, 11) is 2.06. The standard InChI is InChI=1S/C14H19ClN2O/c1-10-5-6-12(15)8-13(10)16-14(18)11-4-3-7-17(2)9-11/h5-6,8,11H,3-4,7,9H2,1-2H3,(H,16,18). The van der Waals surface area contributed by atoms with Gasteiger partial charge in [-0.2, -0.15) is 0 Å². The highest BCUT2D eigenvalue weighted by Gasteiger charge is 2.24. The van der Waals surface area contributed by atoms with Crippen LogP contribution in [0.4, 0.5) is 5.69 Å². The number of hydrogen-bond acceptors (Lipinski definition) is 2. The molecule has 2 rings (SSSR count). The highest BCUT2D eigenvalue weighted by atomic mass is 35.5. The molecule has 0 spiro atoms. The van der Waals surface area contributed by atoms with Crippen LogP contribution in [0.3, 0.4) is 0 Å². The molecule has 0 saturated carbocycles. The van der Waals surface area contributed by atoms with Gasteiger partial charge in [0.15, 0.2) is 0 Å². The molecule has 18 heavy (non-hydrogen) atoms. The zero-order chi connectivity index (χ0) is 13.1. The Labute approximate surface area is 113 Å². The summed E-state index contributed by atoms with van der Waals surface area (Å²) in [5.74, 6) is 0.189. The van der Waals surface area contributed by atoms with Crippen LogP contribution < -0.4 is 5.32 Å². The minimum absolute atomic E-state index is 0.0853. The minimum atomic E-state index is 0.0853. The van der Waals surface area contributed by atoms with Crippen LogP contribution in [0.1, 0.15) is 18.4 Å². The number of anilines is 1. The Morgan fingerprint density at radius 2 is 2.28 bits per heavy atom. The lowest BCUT2D eigenvalue weighted by molar-refractivity contribution is -0.121. The van der Waals surface area contributed by atoms with Gasteiger partial charge >= 0.3 is 0 Å². The number of carbonyl (C=O) groups excluding carboxylic acids is 1. The highest BCUT2D eigenvalue weighted by Crippen LogP contribution is 2.22. The molecule has 1 atom stereocenters. The molecule has 3 nitrogen and oxygen atoms in total. The van der Waals surface area contributed by atoms with E-state index in [4.69, 9.17) is 11.6 Å². The Hall–Kier alpha value is -1.06. The second-order valence-corrected chi connectivity index (χ2v) is 5.49. The molecular formula is C14H19ClN2O. The molecule has 0 aliphatic carbocycles. The Bertz CT molecular complexity index is 447. The van der Waals surface area contributed by atoms with E-state index < -0.39 is 0 Å². The SMILES string of the molecule is Cc1ccc(Cl)cc1NC(=O)C1CCCN(C)C1. The van der Waals surface area contributed by atoms with Crippen molar-refractivity contribution in [1.29, 1.82) is 0 Å². The highest BCUT2D eigenvalue weighted by molar-refractivity contribution is 6.31. The first-order valence-corrected chi connectivity index (χ1v) is 6.69. The number of nitrogens with one attached hydrogen (secondary N) is 1. The predicted octanol–water partition coefficient (Wildman–Crippen LogP) is 2.93. The molecule has 0 bridgehead atoms. The zero-order valence-corrected chi connectivity index (χ0v) is 11.6. The average molecular weight is 267 g/mol. The molecule has 1 unspecified atom stereocenters. The molecule has 1 aliphatic rings. The van der Waals surface area contributed by atoms with Crippen molar-refractivity contribution in [2.45, 2.75) is 19.8 Å². The van der Waals surface area contributed by atoms with E-state index in [2.05, 4.69) is 17.3 Å². The molecule has 1 aromatic rings. The van der Waals surface area contributed by atoms with Gasteiger partial charge in [-0.25, -0.2) is 0 Å². The van der Waals surface area contributed by atoms with Crippen molar-refractivity contribution in [1.82, 2.24) is 4.90 Å². The van der Waals surface area contributed by atoms with Gasteiger partial charge < -0.3 is 10.2 Å². The number of nitrogens with zero attached hydrogens (tertiary/aromatic N) is 1. The molecule has 1 fully saturated rings. The molecule has 0 radical (unpaired) electrons. The van der Waals surface area contributed by atoms with E-state index in [1.807, 2.05) is 19.1 Å². The number of piperidine rings is 1. The van der Waals surface area contributed by atoms with Crippen molar-refractivity contribution in [2.24, 2.45) is 5.92 Å². The monoisotopic (exact) mass is 266 g/mol. The van der Waals surface area contributed by atoms with Crippen LogP contribution in [0.15, 0.2) is 18.2 Å². The topological polar surface area (TPSA) is 32.3 Å². The van der Waals surface area contributed by atoms with Gasteiger partial charge in [-0.3, -0.25) is 4.79 Å². The van der Waals surface area contributed by atoms with Gasteiger partial charge in [-0.05, 0) is 51.1 Å². The molecule has 1 heterocycles. The number of likely N-dealkylation sites (tertiary alicyclic amines) is 1. The molecule has 0 aromatic heterocycles. The largest absolute Gasteiger partial charge is 0.326 e. The third-order valence-corrected chi connectivity index (χ3v) is 3.69. The number of rotatable bonds is 2. The zero-order valence-electron chi connectivity index (χ0n) is 10.9. The van der Waals surface area contributed by atoms with Crippen molar-refractivity contribution < 1.29 is 4.79 Å². The van der Waals surface area contributed by atoms with E-state index in [-0.39, 0.29) is 11.8 Å². The third-order valence-electron chi connectivity index (χ3n) is 3.45. The number of aryl methyl sites for hydroxylation is 1. The summed E-state index contributed by atoms with van der Waals surface area (Å²) >= 11 is 5.95. The van der Waals surface area contributed by atoms with Crippen LogP contribution >= 0.6 is 11.6 Å². The fourth-order valence-corrected chi connectivity index (χ4v) is 2.52. The first-order chi connectivity index (χ1) is 8.56. The minimum Gasteiger partial charge on any atom is -0.326 e. The van der Waals surface area contributed by atoms with Crippen LogP contribution in [0.5, 0.6) is 0 Å². The summed E-state index contributed by atoms with van der Waals surface area (Å²) in [5.41, 5.74) is 1.86. The predicted molar refractivity (Wildman–Crippen MR) is 75.0 cm³/mol. The quantitative estimate of drug-likeness (QED) is 0.893. The van der Waals surface area contributed by atoms with Crippen molar-refractivity contribution in [2.75, 3.05) is 25.5 Å². The van der Waals surface area contributed by atoms with E-state index in [0.29, 0.717) is 5.02 Å². The van der Waals surface area contributed by atoms with Crippen LogP contribution in [0.2, 0.25) is 5.02 Å². The fourth-order valence-electron chi connectivity index (χ4n) is 2.34. The van der Waals surface area contributed by atoms with Gasteiger partial charge in [0, 0.05) is 17.3 Å². The number of amides is 1. The van der Waals surface area contributed by atoms with E-state index in [1.165, 1.54) is 0 Å². The number of hydrogen-bond donors (Lipinski definition) is 1. The Morgan fingerprint density at radius 3 is 3.00 bits per heavy atom. The Balaban J connectivity index is 2.04. The summed E-state index contributed by atoms with van der Waals surface area (Å²) < 4.78 is 0. The van der Waals surface area contributed by atoms with Crippen molar-refractivity contribution in [3.63, 3.8) is 0 Å². The lowest BCUT2D eigenvalue weighted by atomic mass is 9.97. The molecule has 98 valence electrons. The first-order valence-electron chi connectivity index (χ1n) is 6.32. The maximum atomic E-state index is 12.2. The normalized spacial score (nSPS) is 20.7. The number of halogens is 1. The van der Waals surface area contributed by atoms with Gasteiger partial charge in [0.1, 0.15) is 0 Å². The van der Waals surface area contributed by atoms with Crippen LogP contribution in [0, 0.1) is 12.8 Å². The van der Waals surface area contributed by atoms with Gasteiger partial charge in [0.05, 0.1) is 5.92 Å². The van der Waals surface area contributed by atoms with Gasteiger partial charge in [0.25, 0.3) is 0 Å². The third kappa shape index (κ3) is 3.24. The summed E-state index contributed by atoms with van der Waals surface area (Å²) in [6, 6.07) is 5.56.